The lowest BCUT2D eigenvalue weighted by Gasteiger charge is -2.18. The quantitative estimate of drug-likeness (QED) is 0.132. The van der Waals surface area contributed by atoms with E-state index in [0.29, 0.717) is 0 Å². The van der Waals surface area contributed by atoms with Crippen LogP contribution < -0.4 is 0 Å². The summed E-state index contributed by atoms with van der Waals surface area (Å²) in [4.78, 5) is 9.39. The van der Waals surface area contributed by atoms with Crippen molar-refractivity contribution >= 4 is 10.8 Å². The first-order valence-corrected chi connectivity index (χ1v) is 22.4. The molecule has 0 radical (unpaired) electrons. The van der Waals surface area contributed by atoms with E-state index in [1.807, 2.05) is 54.9 Å². The lowest BCUT2D eigenvalue weighted by Crippen LogP contribution is -1.93. The third-order valence-electron chi connectivity index (χ3n) is 12.5. The van der Waals surface area contributed by atoms with Gasteiger partial charge in [0, 0.05) is 34.5 Å². The van der Waals surface area contributed by atoms with Crippen molar-refractivity contribution in [2.24, 2.45) is 0 Å². The van der Waals surface area contributed by atoms with E-state index in [0.717, 1.165) is 106 Å². The molecule has 0 bridgehead atoms. The maximum Gasteiger partial charge on any atom is 0.124 e. The lowest BCUT2D eigenvalue weighted by atomic mass is 9.86. The van der Waals surface area contributed by atoms with E-state index >= 15 is 0 Å². The van der Waals surface area contributed by atoms with Gasteiger partial charge in [-0.1, -0.05) is 176 Å². The molecule has 0 aliphatic heterocycles. The van der Waals surface area contributed by atoms with E-state index in [1.165, 1.54) is 16.7 Å². The van der Waals surface area contributed by atoms with Gasteiger partial charge in [0.05, 0.1) is 11.4 Å². The number of fused-ring (bicyclic) bond motifs is 1. The second-order valence-electron chi connectivity index (χ2n) is 16.9. The Bertz CT molecular complexity index is 3430. The molecule has 10 rings (SSSR count). The Labute approximate surface area is 387 Å². The molecule has 0 spiro atoms. The third kappa shape index (κ3) is 8.63. The van der Waals surface area contributed by atoms with Crippen LogP contribution in [-0.2, 0) is 6.42 Å². The highest BCUT2D eigenvalue weighted by molar-refractivity contribution is 5.95. The van der Waals surface area contributed by atoms with Gasteiger partial charge in [0.1, 0.15) is 5.75 Å². The fourth-order valence-electron chi connectivity index (χ4n) is 8.89. The standard InChI is InChI=1S/C63H48N2O/c1-4-42(2)21-22-44-23-25-45(26-24-44)54-15-7-9-17-56(54)51-36-52(57-18-10-8-16-55(57)46-27-29-47(30-28-46)61-35-43(3)33-34-64-61)38-53(37-51)58-19-11-12-20-59(58)60-32-31-49(40-63(60)66)62-39-48-13-5-6-14-50(48)41-65-62/h4-21,23-41,66H,1,22H2,2-3H3/b42-21-. The highest BCUT2D eigenvalue weighted by atomic mass is 16.3. The van der Waals surface area contributed by atoms with Gasteiger partial charge in [-0.2, -0.15) is 0 Å². The Kier molecular flexibility index (Phi) is 11.6. The number of rotatable bonds is 11. The fraction of sp³-hybridized carbons (Fsp3) is 0.0476. The molecule has 10 aromatic rings. The van der Waals surface area contributed by atoms with Crippen LogP contribution in [0.3, 0.4) is 0 Å². The molecule has 66 heavy (non-hydrogen) atoms. The van der Waals surface area contributed by atoms with Gasteiger partial charge in [0.25, 0.3) is 0 Å². The zero-order chi connectivity index (χ0) is 45.0. The molecular weight excluding hydrogens is 801 g/mol. The molecule has 0 aliphatic carbocycles. The van der Waals surface area contributed by atoms with E-state index in [1.54, 1.807) is 0 Å². The number of aryl methyl sites for hydroxylation is 1. The number of aromatic hydroxyl groups is 1. The lowest BCUT2D eigenvalue weighted by molar-refractivity contribution is 0.477. The van der Waals surface area contributed by atoms with Crippen LogP contribution >= 0.6 is 0 Å². The maximum absolute atomic E-state index is 11.8. The van der Waals surface area contributed by atoms with Crippen molar-refractivity contribution in [2.45, 2.75) is 20.3 Å². The third-order valence-corrected chi connectivity index (χ3v) is 12.5. The molecule has 8 aromatic carbocycles. The van der Waals surface area contributed by atoms with Gasteiger partial charge >= 0.3 is 0 Å². The number of hydrogen-bond donors (Lipinski definition) is 1. The number of phenolic OH excluding ortho intramolecular Hbond substituents is 1. The van der Waals surface area contributed by atoms with E-state index in [9.17, 15) is 5.11 Å². The first-order valence-electron chi connectivity index (χ1n) is 22.4. The van der Waals surface area contributed by atoms with E-state index in [2.05, 4.69) is 195 Å². The zero-order valence-electron chi connectivity index (χ0n) is 37.1. The molecule has 2 heterocycles. The average Bonchev–Trinajstić information content (AvgIpc) is 3.38. The summed E-state index contributed by atoms with van der Waals surface area (Å²) in [5.41, 5.74) is 20.1. The monoisotopic (exact) mass is 848 g/mol. The van der Waals surface area contributed by atoms with Gasteiger partial charge in [-0.15, -0.1) is 0 Å². The van der Waals surface area contributed by atoms with Crippen LogP contribution in [0.4, 0.5) is 0 Å². The average molecular weight is 849 g/mol. The number of benzene rings is 8. The fourth-order valence-corrected chi connectivity index (χ4v) is 8.89. The molecule has 0 aliphatic rings. The number of allylic oxidation sites excluding steroid dienone is 3. The first-order chi connectivity index (χ1) is 32.4. The maximum atomic E-state index is 11.8. The van der Waals surface area contributed by atoms with Crippen LogP contribution in [0, 0.1) is 6.92 Å². The van der Waals surface area contributed by atoms with Gasteiger partial charge in [0.2, 0.25) is 0 Å². The predicted molar refractivity (Wildman–Crippen MR) is 277 cm³/mol. The molecule has 316 valence electrons. The largest absolute Gasteiger partial charge is 0.507 e. The molecule has 1 N–H and O–H groups in total. The minimum atomic E-state index is 0.199. The van der Waals surface area contributed by atoms with Gasteiger partial charge in [0.15, 0.2) is 0 Å². The van der Waals surface area contributed by atoms with Crippen molar-refractivity contribution in [1.82, 2.24) is 9.97 Å². The summed E-state index contributed by atoms with van der Waals surface area (Å²) in [7, 11) is 0. The van der Waals surface area contributed by atoms with Crippen LogP contribution in [0.2, 0.25) is 0 Å². The minimum absolute atomic E-state index is 0.199. The van der Waals surface area contributed by atoms with Gasteiger partial charge in [-0.25, -0.2) is 0 Å². The molecule has 0 fully saturated rings. The summed E-state index contributed by atoms with van der Waals surface area (Å²) in [5, 5.41) is 14.0. The summed E-state index contributed by atoms with van der Waals surface area (Å²) >= 11 is 0. The Morgan fingerprint density at radius 3 is 1.52 bits per heavy atom. The molecule has 0 saturated carbocycles. The van der Waals surface area contributed by atoms with Crippen LogP contribution in [0.25, 0.3) is 100 Å². The van der Waals surface area contributed by atoms with Crippen LogP contribution in [-0.4, -0.2) is 15.1 Å². The van der Waals surface area contributed by atoms with Crippen LogP contribution in [0.1, 0.15) is 18.1 Å². The number of hydrogen-bond acceptors (Lipinski definition) is 3. The van der Waals surface area contributed by atoms with Crippen LogP contribution in [0.15, 0.2) is 237 Å². The van der Waals surface area contributed by atoms with Crippen molar-refractivity contribution < 1.29 is 5.11 Å². The summed E-state index contributed by atoms with van der Waals surface area (Å²) in [6.07, 6.45) is 8.72. The number of nitrogens with zero attached hydrogens (tertiary/aromatic N) is 2. The Morgan fingerprint density at radius 2 is 0.939 bits per heavy atom. The topological polar surface area (TPSA) is 46.0 Å². The summed E-state index contributed by atoms with van der Waals surface area (Å²) in [6, 6.07) is 70.6. The SMILES string of the molecule is C=C/C(C)=C\Cc1ccc(-c2ccccc2-c2cc(-c3ccccc3-c3ccc(-c4cc(C)ccn4)cc3)cc(-c3ccccc3-c3ccc(-c4cc5ccccc5cn4)cc3O)c2)cc1. The highest BCUT2D eigenvalue weighted by Crippen LogP contribution is 2.44. The van der Waals surface area contributed by atoms with Crippen molar-refractivity contribution in [1.29, 1.82) is 0 Å². The van der Waals surface area contributed by atoms with Crippen molar-refractivity contribution in [3.05, 3.63) is 248 Å². The molecule has 3 nitrogen and oxygen atoms in total. The van der Waals surface area contributed by atoms with Gasteiger partial charge in [-0.3, -0.25) is 9.97 Å². The first kappa shape index (κ1) is 41.6. The second kappa shape index (κ2) is 18.4. The van der Waals surface area contributed by atoms with E-state index in [4.69, 9.17) is 4.98 Å². The number of phenols is 1. The second-order valence-corrected chi connectivity index (χ2v) is 16.9. The van der Waals surface area contributed by atoms with Gasteiger partial charge < -0.3 is 5.11 Å². The molecule has 0 amide bonds. The van der Waals surface area contributed by atoms with Crippen LogP contribution in [0.5, 0.6) is 5.75 Å². The molecule has 0 unspecified atom stereocenters. The van der Waals surface area contributed by atoms with E-state index in [-0.39, 0.29) is 5.75 Å². The molecule has 3 heteroatoms. The van der Waals surface area contributed by atoms with E-state index < -0.39 is 0 Å². The summed E-state index contributed by atoms with van der Waals surface area (Å²) < 4.78 is 0. The summed E-state index contributed by atoms with van der Waals surface area (Å²) in [5.74, 6) is 0.199. The Morgan fingerprint density at radius 1 is 0.455 bits per heavy atom. The number of aromatic nitrogens is 2. The molecule has 0 saturated heterocycles. The molecular formula is C63H48N2O. The normalized spacial score (nSPS) is 11.5. The predicted octanol–water partition coefficient (Wildman–Crippen LogP) is 16.7. The van der Waals surface area contributed by atoms with Gasteiger partial charge in [-0.05, 0) is 147 Å². The Hall–Kier alpha value is -8.40. The van der Waals surface area contributed by atoms with Crippen molar-refractivity contribution in [2.75, 3.05) is 0 Å². The van der Waals surface area contributed by atoms with Crippen molar-refractivity contribution in [3.63, 3.8) is 0 Å². The van der Waals surface area contributed by atoms with Crippen molar-refractivity contribution in [3.8, 4) is 95.0 Å². The highest BCUT2D eigenvalue weighted by Gasteiger charge is 2.18. The smallest absolute Gasteiger partial charge is 0.124 e. The molecule has 0 atom stereocenters. The Balaban J connectivity index is 1.11. The minimum Gasteiger partial charge on any atom is -0.507 e. The summed E-state index contributed by atoms with van der Waals surface area (Å²) in [6.45, 7) is 8.09. The zero-order valence-corrected chi connectivity index (χ0v) is 37.1. The molecule has 2 aromatic heterocycles. The number of pyridine rings is 2.